The lowest BCUT2D eigenvalue weighted by Gasteiger charge is -2.20. The van der Waals surface area contributed by atoms with Gasteiger partial charge in [-0.05, 0) is 48.4 Å². The number of ether oxygens (including phenoxy) is 1. The summed E-state index contributed by atoms with van der Waals surface area (Å²) in [4.78, 5) is 25.4. The predicted molar refractivity (Wildman–Crippen MR) is 109 cm³/mol. The summed E-state index contributed by atoms with van der Waals surface area (Å²) >= 11 is 1.83. The van der Waals surface area contributed by atoms with Gasteiger partial charge in [0.2, 0.25) is 5.91 Å². The fourth-order valence-electron chi connectivity index (χ4n) is 3.07. The van der Waals surface area contributed by atoms with Crippen molar-refractivity contribution < 1.29 is 14.3 Å². The summed E-state index contributed by atoms with van der Waals surface area (Å²) in [6.07, 6.45) is 2.67. The van der Waals surface area contributed by atoms with Gasteiger partial charge in [-0.2, -0.15) is 11.8 Å². The minimum absolute atomic E-state index is 0.0897. The Kier molecular flexibility index (Phi) is 6.76. The van der Waals surface area contributed by atoms with Gasteiger partial charge in [0.25, 0.3) is 5.91 Å². The van der Waals surface area contributed by atoms with Crippen LogP contribution in [0.5, 0.6) is 5.75 Å². The minimum Gasteiger partial charge on any atom is -0.497 e. The molecule has 0 spiro atoms. The first-order valence-corrected chi connectivity index (χ1v) is 10.1. The highest BCUT2D eigenvalue weighted by molar-refractivity contribution is 8.00. The van der Waals surface area contributed by atoms with Crippen LogP contribution in [0.15, 0.2) is 54.6 Å². The van der Waals surface area contributed by atoms with Gasteiger partial charge in [-0.1, -0.05) is 30.3 Å². The highest BCUT2D eigenvalue weighted by Gasteiger charge is 2.25. The number of carbonyl (C=O) groups is 2. The molecule has 2 aromatic carbocycles. The number of thioether (sulfide) groups is 1. The molecule has 1 aliphatic heterocycles. The summed E-state index contributed by atoms with van der Waals surface area (Å²) in [6.45, 7) is 0. The van der Waals surface area contributed by atoms with E-state index in [9.17, 15) is 9.59 Å². The lowest BCUT2D eigenvalue weighted by Crippen LogP contribution is -2.37. The van der Waals surface area contributed by atoms with Gasteiger partial charge in [0.1, 0.15) is 11.8 Å². The van der Waals surface area contributed by atoms with Crippen LogP contribution in [0, 0.1) is 0 Å². The lowest BCUT2D eigenvalue weighted by molar-refractivity contribution is -0.126. The number of nitrogens with one attached hydrogen (secondary N) is 2. The molecule has 6 heteroatoms. The van der Waals surface area contributed by atoms with Gasteiger partial charge in [-0.15, -0.1) is 0 Å². The van der Waals surface area contributed by atoms with E-state index in [1.54, 1.807) is 31.4 Å². The van der Waals surface area contributed by atoms with Gasteiger partial charge in [0.15, 0.2) is 0 Å². The Hall–Kier alpha value is -2.47. The molecule has 0 aliphatic carbocycles. The van der Waals surface area contributed by atoms with E-state index in [2.05, 4.69) is 10.6 Å². The van der Waals surface area contributed by atoms with E-state index >= 15 is 0 Å². The molecular weight excluding hydrogens is 360 g/mol. The lowest BCUT2D eigenvalue weighted by atomic mass is 10.1. The molecule has 1 heterocycles. The van der Waals surface area contributed by atoms with Crippen LogP contribution >= 0.6 is 11.8 Å². The van der Waals surface area contributed by atoms with Gasteiger partial charge < -0.3 is 15.4 Å². The number of hydrogen-bond donors (Lipinski definition) is 2. The maximum absolute atomic E-state index is 12.9. The van der Waals surface area contributed by atoms with Crippen molar-refractivity contribution in [1.82, 2.24) is 5.32 Å². The smallest absolute Gasteiger partial charge is 0.251 e. The highest BCUT2D eigenvalue weighted by atomic mass is 32.2. The van der Waals surface area contributed by atoms with E-state index < -0.39 is 6.04 Å². The number of amides is 2. The number of benzene rings is 2. The van der Waals surface area contributed by atoms with E-state index in [-0.39, 0.29) is 11.8 Å². The molecular formula is C21H24N2O3S. The zero-order valence-electron chi connectivity index (χ0n) is 15.3. The molecule has 0 bridgehead atoms. The number of anilines is 1. The second-order valence-corrected chi connectivity index (χ2v) is 7.88. The molecule has 0 saturated carbocycles. The molecule has 2 N–H and O–H groups in total. The van der Waals surface area contributed by atoms with Crippen LogP contribution in [0.4, 0.5) is 5.69 Å². The topological polar surface area (TPSA) is 67.4 Å². The van der Waals surface area contributed by atoms with Crippen molar-refractivity contribution in [3.63, 3.8) is 0 Å². The molecule has 1 fully saturated rings. The Morgan fingerprint density at radius 1 is 1.15 bits per heavy atom. The van der Waals surface area contributed by atoms with Crippen molar-refractivity contribution in [2.45, 2.75) is 30.6 Å². The number of hydrogen-bond acceptors (Lipinski definition) is 4. The standard InChI is InChI=1S/C21H24N2O3S/c1-26-17-11-9-16(10-12-17)22-21(25)20(15-6-3-2-4-7-15)23-19(24)14-18-8-5-13-27-18/h2-4,6-7,9-12,18,20H,5,8,13-14H2,1H3,(H,22,25)(H,23,24). The van der Waals surface area contributed by atoms with Crippen LogP contribution in [-0.2, 0) is 9.59 Å². The van der Waals surface area contributed by atoms with Crippen LogP contribution < -0.4 is 15.4 Å². The molecule has 142 valence electrons. The fraction of sp³-hybridized carbons (Fsp3) is 0.333. The van der Waals surface area contributed by atoms with Gasteiger partial charge in [-0.25, -0.2) is 0 Å². The van der Waals surface area contributed by atoms with Crippen LogP contribution in [0.25, 0.3) is 0 Å². The van der Waals surface area contributed by atoms with Crippen molar-refractivity contribution in [1.29, 1.82) is 0 Å². The van der Waals surface area contributed by atoms with Crippen molar-refractivity contribution in [3.8, 4) is 5.75 Å². The first-order chi connectivity index (χ1) is 13.2. The maximum Gasteiger partial charge on any atom is 0.251 e. The summed E-state index contributed by atoms with van der Waals surface area (Å²) in [7, 11) is 1.59. The zero-order chi connectivity index (χ0) is 19.1. The Morgan fingerprint density at radius 3 is 2.52 bits per heavy atom. The van der Waals surface area contributed by atoms with E-state index in [4.69, 9.17) is 4.74 Å². The summed E-state index contributed by atoms with van der Waals surface area (Å²) in [5, 5.41) is 6.14. The molecule has 1 saturated heterocycles. The molecule has 2 atom stereocenters. The average Bonchev–Trinajstić information content (AvgIpc) is 3.20. The molecule has 2 amide bonds. The van der Waals surface area contributed by atoms with Crippen LogP contribution in [0.3, 0.4) is 0 Å². The first kappa shape index (κ1) is 19.3. The molecule has 0 aromatic heterocycles. The first-order valence-electron chi connectivity index (χ1n) is 9.06. The fourth-order valence-corrected chi connectivity index (χ4v) is 4.34. The third-order valence-corrected chi connectivity index (χ3v) is 5.89. The summed E-state index contributed by atoms with van der Waals surface area (Å²) in [5.41, 5.74) is 1.42. The maximum atomic E-state index is 12.9. The molecule has 3 rings (SSSR count). The van der Waals surface area contributed by atoms with Gasteiger partial charge in [0.05, 0.1) is 7.11 Å². The number of rotatable bonds is 7. The quantitative estimate of drug-likeness (QED) is 0.762. The largest absolute Gasteiger partial charge is 0.497 e. The Balaban J connectivity index is 1.70. The Bertz CT molecular complexity index is 759. The Morgan fingerprint density at radius 2 is 1.89 bits per heavy atom. The average molecular weight is 385 g/mol. The minimum atomic E-state index is -0.729. The molecule has 2 aromatic rings. The van der Waals surface area contributed by atoms with E-state index in [1.165, 1.54) is 0 Å². The summed E-state index contributed by atoms with van der Waals surface area (Å²) in [6, 6.07) is 15.7. The van der Waals surface area contributed by atoms with Crippen molar-refractivity contribution in [2.75, 3.05) is 18.2 Å². The second-order valence-electron chi connectivity index (χ2n) is 6.47. The van der Waals surface area contributed by atoms with Crippen LogP contribution in [0.2, 0.25) is 0 Å². The predicted octanol–water partition coefficient (Wildman–Crippen LogP) is 3.78. The highest BCUT2D eigenvalue weighted by Crippen LogP contribution is 2.29. The molecule has 2 unspecified atom stereocenters. The third-order valence-electron chi connectivity index (χ3n) is 4.50. The van der Waals surface area contributed by atoms with E-state index in [0.29, 0.717) is 17.4 Å². The molecule has 1 aliphatic rings. The van der Waals surface area contributed by atoms with Crippen LogP contribution in [-0.4, -0.2) is 29.9 Å². The zero-order valence-corrected chi connectivity index (χ0v) is 16.1. The second kappa shape index (κ2) is 9.46. The van der Waals surface area contributed by atoms with Crippen molar-refractivity contribution in [2.24, 2.45) is 0 Å². The molecule has 0 radical (unpaired) electrons. The third kappa shape index (κ3) is 5.50. The van der Waals surface area contributed by atoms with E-state index in [0.717, 1.165) is 29.9 Å². The summed E-state index contributed by atoms with van der Waals surface area (Å²) in [5.74, 6) is 1.47. The van der Waals surface area contributed by atoms with E-state index in [1.807, 2.05) is 42.1 Å². The molecule has 5 nitrogen and oxygen atoms in total. The monoisotopic (exact) mass is 384 g/mol. The SMILES string of the molecule is COc1ccc(NC(=O)C(NC(=O)CC2CCCS2)c2ccccc2)cc1. The number of carbonyl (C=O) groups excluding carboxylic acids is 2. The van der Waals surface area contributed by atoms with Gasteiger partial charge in [0, 0.05) is 17.4 Å². The van der Waals surface area contributed by atoms with Gasteiger partial charge in [-0.3, -0.25) is 9.59 Å². The van der Waals surface area contributed by atoms with Crippen molar-refractivity contribution >= 4 is 29.3 Å². The summed E-state index contributed by atoms with van der Waals surface area (Å²) < 4.78 is 5.14. The Labute approximate surface area is 163 Å². The number of methoxy groups -OCH3 is 1. The van der Waals surface area contributed by atoms with Gasteiger partial charge >= 0.3 is 0 Å². The normalized spacial score (nSPS) is 17.1. The molecule has 27 heavy (non-hydrogen) atoms. The van der Waals surface area contributed by atoms with Crippen LogP contribution in [0.1, 0.15) is 30.9 Å². The van der Waals surface area contributed by atoms with Crippen molar-refractivity contribution in [3.05, 3.63) is 60.2 Å².